The zero-order valence-corrected chi connectivity index (χ0v) is 13.6. The number of rotatable bonds is 6. The SMILES string of the molecule is CC(Cc1cccc(Cl)c1)C(=O)NCc1ccc(C(=O)O)s1. The maximum Gasteiger partial charge on any atom is 0.345 e. The van der Waals surface area contributed by atoms with E-state index in [1.165, 1.54) is 11.3 Å². The van der Waals surface area contributed by atoms with Crippen molar-refractivity contribution >= 4 is 34.8 Å². The number of benzene rings is 1. The van der Waals surface area contributed by atoms with Crippen LogP contribution in [0.15, 0.2) is 36.4 Å². The van der Waals surface area contributed by atoms with Gasteiger partial charge in [-0.2, -0.15) is 0 Å². The van der Waals surface area contributed by atoms with E-state index in [2.05, 4.69) is 5.32 Å². The molecule has 1 heterocycles. The molecule has 0 bridgehead atoms. The Kier molecular flexibility index (Phi) is 5.57. The third-order valence-electron chi connectivity index (χ3n) is 3.19. The van der Waals surface area contributed by atoms with Crippen LogP contribution in [-0.4, -0.2) is 17.0 Å². The topological polar surface area (TPSA) is 66.4 Å². The highest BCUT2D eigenvalue weighted by Gasteiger charge is 2.14. The molecule has 4 nitrogen and oxygen atoms in total. The quantitative estimate of drug-likeness (QED) is 0.846. The molecular weight excluding hydrogens is 322 g/mol. The van der Waals surface area contributed by atoms with Crippen molar-refractivity contribution in [2.24, 2.45) is 5.92 Å². The summed E-state index contributed by atoms with van der Waals surface area (Å²) in [5, 5.41) is 12.4. The summed E-state index contributed by atoms with van der Waals surface area (Å²) >= 11 is 7.10. The van der Waals surface area contributed by atoms with Gasteiger partial charge in [0.05, 0.1) is 6.54 Å². The zero-order chi connectivity index (χ0) is 16.1. The van der Waals surface area contributed by atoms with Gasteiger partial charge in [0, 0.05) is 15.8 Å². The number of carboxylic acids is 1. The molecule has 0 radical (unpaired) electrons. The molecule has 0 saturated heterocycles. The summed E-state index contributed by atoms with van der Waals surface area (Å²) in [4.78, 5) is 24.0. The van der Waals surface area contributed by atoms with Gasteiger partial charge in [-0.25, -0.2) is 4.79 Å². The second-order valence-corrected chi connectivity index (χ2v) is 6.63. The number of carbonyl (C=O) groups excluding carboxylic acids is 1. The lowest BCUT2D eigenvalue weighted by molar-refractivity contribution is -0.124. The average molecular weight is 338 g/mol. The van der Waals surface area contributed by atoms with Gasteiger partial charge < -0.3 is 10.4 Å². The van der Waals surface area contributed by atoms with Crippen LogP contribution in [0.2, 0.25) is 5.02 Å². The van der Waals surface area contributed by atoms with Crippen molar-refractivity contribution < 1.29 is 14.7 Å². The van der Waals surface area contributed by atoms with Crippen molar-refractivity contribution in [1.29, 1.82) is 0 Å². The van der Waals surface area contributed by atoms with Crippen LogP contribution < -0.4 is 5.32 Å². The van der Waals surface area contributed by atoms with Gasteiger partial charge >= 0.3 is 5.97 Å². The molecule has 0 saturated carbocycles. The lowest BCUT2D eigenvalue weighted by atomic mass is 10.0. The van der Waals surface area contributed by atoms with Crippen molar-refractivity contribution in [3.05, 3.63) is 56.7 Å². The molecule has 1 amide bonds. The van der Waals surface area contributed by atoms with E-state index in [9.17, 15) is 9.59 Å². The van der Waals surface area contributed by atoms with Crippen molar-refractivity contribution in [2.75, 3.05) is 0 Å². The number of hydrogen-bond acceptors (Lipinski definition) is 3. The van der Waals surface area contributed by atoms with Crippen LogP contribution in [-0.2, 0) is 17.8 Å². The van der Waals surface area contributed by atoms with Crippen molar-refractivity contribution in [3.8, 4) is 0 Å². The molecule has 1 atom stereocenters. The maximum atomic E-state index is 12.1. The van der Waals surface area contributed by atoms with Crippen LogP contribution in [0.25, 0.3) is 0 Å². The summed E-state index contributed by atoms with van der Waals surface area (Å²) < 4.78 is 0. The van der Waals surface area contributed by atoms with E-state index >= 15 is 0 Å². The predicted molar refractivity (Wildman–Crippen MR) is 87.4 cm³/mol. The van der Waals surface area contributed by atoms with Crippen molar-refractivity contribution in [2.45, 2.75) is 19.9 Å². The smallest absolute Gasteiger partial charge is 0.345 e. The molecular formula is C16H16ClNO3S. The van der Waals surface area contributed by atoms with Gasteiger partial charge in [-0.15, -0.1) is 11.3 Å². The van der Waals surface area contributed by atoms with E-state index < -0.39 is 5.97 Å². The Hall–Kier alpha value is -1.85. The molecule has 0 aliphatic heterocycles. The fourth-order valence-electron chi connectivity index (χ4n) is 2.05. The number of aromatic carboxylic acids is 1. The lowest BCUT2D eigenvalue weighted by Gasteiger charge is -2.12. The molecule has 2 aromatic rings. The fourth-order valence-corrected chi connectivity index (χ4v) is 3.05. The molecule has 1 aromatic heterocycles. The first-order chi connectivity index (χ1) is 10.5. The van der Waals surface area contributed by atoms with E-state index in [-0.39, 0.29) is 16.7 Å². The van der Waals surface area contributed by atoms with Crippen LogP contribution in [0.4, 0.5) is 0 Å². The minimum atomic E-state index is -0.947. The number of hydrogen-bond donors (Lipinski definition) is 2. The molecule has 0 aliphatic carbocycles. The minimum Gasteiger partial charge on any atom is -0.477 e. The number of halogens is 1. The normalized spacial score (nSPS) is 11.9. The molecule has 116 valence electrons. The van der Waals surface area contributed by atoms with Crippen LogP contribution in [0.3, 0.4) is 0 Å². The van der Waals surface area contributed by atoms with Crippen LogP contribution >= 0.6 is 22.9 Å². The summed E-state index contributed by atoms with van der Waals surface area (Å²) in [5.74, 6) is -1.19. The Morgan fingerprint density at radius 2 is 2.09 bits per heavy atom. The summed E-state index contributed by atoms with van der Waals surface area (Å²) in [6, 6.07) is 10.7. The predicted octanol–water partition coefficient (Wildman–Crippen LogP) is 3.59. The summed E-state index contributed by atoms with van der Waals surface area (Å²) in [7, 11) is 0. The third kappa shape index (κ3) is 4.58. The van der Waals surface area contributed by atoms with Gasteiger partial charge in [-0.05, 0) is 36.2 Å². The number of carbonyl (C=O) groups is 2. The molecule has 2 N–H and O–H groups in total. The van der Waals surface area contributed by atoms with Gasteiger partial charge in [0.2, 0.25) is 5.91 Å². The monoisotopic (exact) mass is 337 g/mol. The van der Waals surface area contributed by atoms with Crippen molar-refractivity contribution in [1.82, 2.24) is 5.32 Å². The van der Waals surface area contributed by atoms with E-state index in [1.807, 2.05) is 25.1 Å². The molecule has 6 heteroatoms. The van der Waals surface area contributed by atoms with Gasteiger partial charge in [0.1, 0.15) is 4.88 Å². The zero-order valence-electron chi connectivity index (χ0n) is 12.0. The number of amides is 1. The third-order valence-corrected chi connectivity index (χ3v) is 4.50. The van der Waals surface area contributed by atoms with Gasteiger partial charge in [0.15, 0.2) is 0 Å². The van der Waals surface area contributed by atoms with Gasteiger partial charge in [-0.3, -0.25) is 4.79 Å². The molecule has 0 aliphatic rings. The van der Waals surface area contributed by atoms with Crippen molar-refractivity contribution in [3.63, 3.8) is 0 Å². The summed E-state index contributed by atoms with van der Waals surface area (Å²) in [5.41, 5.74) is 1.01. The Morgan fingerprint density at radius 1 is 1.32 bits per heavy atom. The highest BCUT2D eigenvalue weighted by molar-refractivity contribution is 7.13. The van der Waals surface area contributed by atoms with Crippen LogP contribution in [0.5, 0.6) is 0 Å². The maximum absolute atomic E-state index is 12.1. The van der Waals surface area contributed by atoms with Gasteiger partial charge in [-0.1, -0.05) is 30.7 Å². The Labute approximate surface area is 137 Å². The first kappa shape index (κ1) is 16.5. The fraction of sp³-hybridized carbons (Fsp3) is 0.250. The molecule has 2 rings (SSSR count). The summed E-state index contributed by atoms with van der Waals surface area (Å²) in [6.07, 6.45) is 0.608. The molecule has 22 heavy (non-hydrogen) atoms. The molecule has 1 unspecified atom stereocenters. The van der Waals surface area contributed by atoms with Crippen LogP contribution in [0, 0.1) is 5.92 Å². The first-order valence-electron chi connectivity index (χ1n) is 6.80. The number of thiophene rings is 1. The van der Waals surface area contributed by atoms with E-state index in [0.29, 0.717) is 18.0 Å². The number of nitrogens with one attached hydrogen (secondary N) is 1. The van der Waals surface area contributed by atoms with E-state index in [0.717, 1.165) is 10.4 Å². The second-order valence-electron chi connectivity index (χ2n) is 5.02. The Morgan fingerprint density at radius 3 is 2.73 bits per heavy atom. The van der Waals surface area contributed by atoms with Gasteiger partial charge in [0.25, 0.3) is 0 Å². The molecule has 1 aromatic carbocycles. The van der Waals surface area contributed by atoms with E-state index in [4.69, 9.17) is 16.7 Å². The highest BCUT2D eigenvalue weighted by Crippen LogP contribution is 2.17. The average Bonchev–Trinajstić information content (AvgIpc) is 2.93. The molecule has 0 spiro atoms. The lowest BCUT2D eigenvalue weighted by Crippen LogP contribution is -2.29. The van der Waals surface area contributed by atoms with Crippen LogP contribution in [0.1, 0.15) is 27.0 Å². The largest absolute Gasteiger partial charge is 0.477 e. The highest BCUT2D eigenvalue weighted by atomic mass is 35.5. The number of carboxylic acid groups (broad SMARTS) is 1. The van der Waals surface area contributed by atoms with E-state index in [1.54, 1.807) is 18.2 Å². The Bertz CT molecular complexity index is 684. The molecule has 0 fully saturated rings. The summed E-state index contributed by atoms with van der Waals surface area (Å²) in [6.45, 7) is 2.20. The Balaban J connectivity index is 1.87. The standard InChI is InChI=1S/C16H16ClNO3S/c1-10(7-11-3-2-4-12(17)8-11)15(19)18-9-13-5-6-14(22-13)16(20)21/h2-6,8,10H,7,9H2,1H3,(H,18,19)(H,20,21). The minimum absolute atomic E-state index is 0.0646. The second kappa shape index (κ2) is 7.42. The first-order valence-corrected chi connectivity index (χ1v) is 7.99.